The Kier molecular flexibility index (Phi) is 4.85. The molecule has 0 N–H and O–H groups in total. The van der Waals surface area contributed by atoms with E-state index in [0.717, 1.165) is 0 Å². The Morgan fingerprint density at radius 2 is 1.13 bits per heavy atom. The zero-order valence-corrected chi connectivity index (χ0v) is 12.3. The van der Waals surface area contributed by atoms with Crippen LogP contribution in [0.1, 0.15) is 68.7 Å². The molecule has 0 aliphatic rings. The molecule has 1 nitrogen and oxygen atoms in total. The summed E-state index contributed by atoms with van der Waals surface area (Å²) in [4.78, 5) is 2.62. The number of hydrogen-bond acceptors (Lipinski definition) is 1. The summed E-state index contributed by atoms with van der Waals surface area (Å²) in [5.41, 5.74) is 0.673. The van der Waals surface area contributed by atoms with Gasteiger partial charge in [0.1, 0.15) is 0 Å². The maximum absolute atomic E-state index is 2.62. The first kappa shape index (κ1) is 15.0. The minimum atomic E-state index is 0.278. The molecule has 0 aliphatic carbocycles. The van der Waals surface area contributed by atoms with Crippen molar-refractivity contribution in [2.45, 2.75) is 86.4 Å². The van der Waals surface area contributed by atoms with E-state index in [9.17, 15) is 0 Å². The minimum absolute atomic E-state index is 0.278. The molecular formula is C14H31N. The summed E-state index contributed by atoms with van der Waals surface area (Å²) in [5, 5.41) is 0. The van der Waals surface area contributed by atoms with Crippen LogP contribution in [0.4, 0.5) is 0 Å². The van der Waals surface area contributed by atoms with E-state index in [2.05, 4.69) is 67.2 Å². The number of hydrogen-bond donors (Lipinski definition) is 0. The molecule has 0 unspecified atom stereocenters. The van der Waals surface area contributed by atoms with Crippen LogP contribution in [-0.4, -0.2) is 22.5 Å². The van der Waals surface area contributed by atoms with E-state index in [1.807, 2.05) is 0 Å². The average Bonchev–Trinajstić information content (AvgIpc) is 1.74. The van der Waals surface area contributed by atoms with Gasteiger partial charge in [-0.2, -0.15) is 0 Å². The second-order valence-electron chi connectivity index (χ2n) is 7.14. The standard InChI is InChI=1S/C14H31N/c1-11(2)15(12(3)4)14(8,9)10-13(5,6)7/h11-12H,10H2,1-9H3. The van der Waals surface area contributed by atoms with Gasteiger partial charge in [0, 0.05) is 17.6 Å². The monoisotopic (exact) mass is 213 g/mol. The molecule has 0 aromatic rings. The van der Waals surface area contributed by atoms with E-state index < -0.39 is 0 Å². The van der Waals surface area contributed by atoms with Crippen molar-refractivity contribution in [3.63, 3.8) is 0 Å². The predicted octanol–water partition coefficient (Wildman–Crippen LogP) is 4.32. The van der Waals surface area contributed by atoms with Gasteiger partial charge in [0.25, 0.3) is 0 Å². The van der Waals surface area contributed by atoms with Crippen LogP contribution >= 0.6 is 0 Å². The Hall–Kier alpha value is -0.0400. The molecule has 0 rings (SSSR count). The highest BCUT2D eigenvalue weighted by Crippen LogP contribution is 2.33. The van der Waals surface area contributed by atoms with Crippen molar-refractivity contribution in [3.8, 4) is 0 Å². The lowest BCUT2D eigenvalue weighted by Crippen LogP contribution is -2.53. The van der Waals surface area contributed by atoms with Crippen molar-refractivity contribution in [1.82, 2.24) is 4.90 Å². The van der Waals surface area contributed by atoms with Crippen LogP contribution < -0.4 is 0 Å². The van der Waals surface area contributed by atoms with Crippen molar-refractivity contribution in [2.24, 2.45) is 5.41 Å². The molecular weight excluding hydrogens is 182 g/mol. The first-order valence-corrected chi connectivity index (χ1v) is 6.26. The fourth-order valence-electron chi connectivity index (χ4n) is 3.38. The summed E-state index contributed by atoms with van der Waals surface area (Å²) in [5.74, 6) is 0. The molecule has 1 heteroatoms. The van der Waals surface area contributed by atoms with E-state index in [1.165, 1.54) is 6.42 Å². The molecule has 0 aromatic heterocycles. The summed E-state index contributed by atoms with van der Waals surface area (Å²) in [6.07, 6.45) is 1.23. The van der Waals surface area contributed by atoms with Crippen LogP contribution in [-0.2, 0) is 0 Å². The summed E-state index contributed by atoms with van der Waals surface area (Å²) >= 11 is 0. The molecule has 92 valence electrons. The largest absolute Gasteiger partial charge is 0.293 e. The molecule has 0 heterocycles. The summed E-state index contributed by atoms with van der Waals surface area (Å²) in [7, 11) is 0. The number of nitrogens with zero attached hydrogens (tertiary/aromatic N) is 1. The molecule has 0 bridgehead atoms. The van der Waals surface area contributed by atoms with Gasteiger partial charge in [-0.3, -0.25) is 4.90 Å². The Morgan fingerprint density at radius 3 is 1.33 bits per heavy atom. The van der Waals surface area contributed by atoms with E-state index in [-0.39, 0.29) is 5.54 Å². The zero-order valence-electron chi connectivity index (χ0n) is 12.3. The molecule has 0 aromatic carbocycles. The van der Waals surface area contributed by atoms with Crippen LogP contribution in [0.2, 0.25) is 0 Å². The quantitative estimate of drug-likeness (QED) is 0.672. The van der Waals surface area contributed by atoms with E-state index in [0.29, 0.717) is 17.5 Å². The predicted molar refractivity (Wildman–Crippen MR) is 70.3 cm³/mol. The van der Waals surface area contributed by atoms with Crippen molar-refractivity contribution in [3.05, 3.63) is 0 Å². The molecule has 0 saturated heterocycles. The highest BCUT2D eigenvalue weighted by Gasteiger charge is 2.34. The molecule has 0 saturated carbocycles. The smallest absolute Gasteiger partial charge is 0.0163 e. The van der Waals surface area contributed by atoms with Gasteiger partial charge < -0.3 is 0 Å². The van der Waals surface area contributed by atoms with Crippen LogP contribution in [0.3, 0.4) is 0 Å². The van der Waals surface area contributed by atoms with Gasteiger partial charge >= 0.3 is 0 Å². The van der Waals surface area contributed by atoms with Gasteiger partial charge in [-0.05, 0) is 53.4 Å². The Bertz CT molecular complexity index is 176. The Labute approximate surface area is 97.2 Å². The van der Waals surface area contributed by atoms with Crippen LogP contribution in [0.15, 0.2) is 0 Å². The van der Waals surface area contributed by atoms with Gasteiger partial charge in [-0.1, -0.05) is 20.8 Å². The van der Waals surface area contributed by atoms with E-state index >= 15 is 0 Å². The molecule has 0 radical (unpaired) electrons. The van der Waals surface area contributed by atoms with Crippen molar-refractivity contribution in [1.29, 1.82) is 0 Å². The number of rotatable bonds is 4. The topological polar surface area (TPSA) is 3.24 Å². The molecule has 15 heavy (non-hydrogen) atoms. The van der Waals surface area contributed by atoms with Crippen LogP contribution in [0, 0.1) is 5.41 Å². The highest BCUT2D eigenvalue weighted by molar-refractivity contribution is 4.89. The first-order chi connectivity index (χ1) is 6.47. The molecule has 0 amide bonds. The summed E-state index contributed by atoms with van der Waals surface area (Å²) in [6, 6.07) is 1.23. The third-order valence-corrected chi connectivity index (χ3v) is 2.77. The fraction of sp³-hybridized carbons (Fsp3) is 1.00. The first-order valence-electron chi connectivity index (χ1n) is 6.26. The molecule has 0 aliphatic heterocycles. The molecule has 0 atom stereocenters. The van der Waals surface area contributed by atoms with Gasteiger partial charge in [-0.25, -0.2) is 0 Å². The Balaban J connectivity index is 4.80. The molecule has 0 spiro atoms. The zero-order chi connectivity index (χ0) is 12.4. The molecule has 0 fully saturated rings. The van der Waals surface area contributed by atoms with Crippen LogP contribution in [0.25, 0.3) is 0 Å². The van der Waals surface area contributed by atoms with E-state index in [1.54, 1.807) is 0 Å². The van der Waals surface area contributed by atoms with Crippen molar-refractivity contribution < 1.29 is 0 Å². The van der Waals surface area contributed by atoms with Gasteiger partial charge in [-0.15, -0.1) is 0 Å². The lowest BCUT2D eigenvalue weighted by atomic mass is 9.80. The Morgan fingerprint density at radius 1 is 0.800 bits per heavy atom. The second kappa shape index (κ2) is 4.86. The lowest BCUT2D eigenvalue weighted by Gasteiger charge is -2.47. The second-order valence-corrected chi connectivity index (χ2v) is 7.14. The van der Waals surface area contributed by atoms with Crippen molar-refractivity contribution >= 4 is 0 Å². The maximum Gasteiger partial charge on any atom is 0.0163 e. The van der Waals surface area contributed by atoms with E-state index in [4.69, 9.17) is 0 Å². The fourth-order valence-corrected chi connectivity index (χ4v) is 3.38. The summed E-state index contributed by atoms with van der Waals surface area (Å²) in [6.45, 7) is 20.9. The SMILES string of the molecule is CC(C)N(C(C)C)C(C)(C)CC(C)(C)C. The van der Waals surface area contributed by atoms with Gasteiger partial charge in [0.2, 0.25) is 0 Å². The summed E-state index contributed by atoms with van der Waals surface area (Å²) < 4.78 is 0. The third kappa shape index (κ3) is 5.01. The minimum Gasteiger partial charge on any atom is -0.293 e. The lowest BCUT2D eigenvalue weighted by molar-refractivity contribution is 0.0220. The average molecular weight is 213 g/mol. The van der Waals surface area contributed by atoms with Gasteiger partial charge in [0.15, 0.2) is 0 Å². The maximum atomic E-state index is 2.62. The highest BCUT2D eigenvalue weighted by atomic mass is 15.2. The van der Waals surface area contributed by atoms with Gasteiger partial charge in [0.05, 0.1) is 0 Å². The van der Waals surface area contributed by atoms with Crippen LogP contribution in [0.5, 0.6) is 0 Å². The third-order valence-electron chi connectivity index (χ3n) is 2.77. The normalized spacial score (nSPS) is 14.4. The van der Waals surface area contributed by atoms with Crippen molar-refractivity contribution in [2.75, 3.05) is 0 Å².